The van der Waals surface area contributed by atoms with E-state index in [1.165, 1.54) is 12.1 Å². The summed E-state index contributed by atoms with van der Waals surface area (Å²) in [6.45, 7) is 0.697. The normalized spacial score (nSPS) is 16.6. The molecule has 1 aromatic carbocycles. The fraction of sp³-hybridized carbons (Fsp3) is 0.455. The van der Waals surface area contributed by atoms with Crippen molar-refractivity contribution in [3.8, 4) is 0 Å². The number of hydrogen-bond acceptors (Lipinski definition) is 4. The number of nitro benzene ring substituents is 1. The first-order valence-electron chi connectivity index (χ1n) is 5.29. The minimum absolute atomic E-state index is 0.223. The molecule has 1 aliphatic carbocycles. The van der Waals surface area contributed by atoms with Crippen molar-refractivity contribution in [2.45, 2.75) is 17.6 Å². The molecule has 4 nitrogen and oxygen atoms in total. The van der Waals surface area contributed by atoms with E-state index < -0.39 is 10.7 Å². The van der Waals surface area contributed by atoms with Gasteiger partial charge in [-0.25, -0.2) is 4.39 Å². The lowest BCUT2D eigenvalue weighted by atomic mass is 10.2. The van der Waals surface area contributed by atoms with E-state index in [2.05, 4.69) is 5.32 Å². The summed E-state index contributed by atoms with van der Waals surface area (Å²) in [5, 5.41) is 13.5. The van der Waals surface area contributed by atoms with Crippen LogP contribution in [0, 0.1) is 15.9 Å². The molecule has 92 valence electrons. The molecule has 1 saturated carbocycles. The predicted molar refractivity (Wildman–Crippen MR) is 67.0 cm³/mol. The van der Waals surface area contributed by atoms with Crippen molar-refractivity contribution in [3.05, 3.63) is 34.1 Å². The predicted octanol–water partition coefficient (Wildman–Crippen LogP) is 3.04. The van der Waals surface area contributed by atoms with Crippen molar-refractivity contribution < 1.29 is 9.31 Å². The highest BCUT2D eigenvalue weighted by Gasteiger charge is 2.41. The summed E-state index contributed by atoms with van der Waals surface area (Å²) in [6.07, 6.45) is 4.31. The number of nitrogens with one attached hydrogen (secondary N) is 1. The van der Waals surface area contributed by atoms with Crippen LogP contribution in [0.5, 0.6) is 0 Å². The van der Waals surface area contributed by atoms with Crippen LogP contribution in [0.25, 0.3) is 0 Å². The van der Waals surface area contributed by atoms with Gasteiger partial charge in [-0.05, 0) is 25.2 Å². The van der Waals surface area contributed by atoms with E-state index in [1.54, 1.807) is 11.8 Å². The first-order valence-corrected chi connectivity index (χ1v) is 6.52. The summed E-state index contributed by atoms with van der Waals surface area (Å²) < 4.78 is 13.8. The second-order valence-corrected chi connectivity index (χ2v) is 5.44. The Labute approximate surface area is 103 Å². The molecule has 0 saturated heterocycles. The Bertz CT molecular complexity index is 449. The van der Waals surface area contributed by atoms with Crippen LogP contribution >= 0.6 is 11.8 Å². The van der Waals surface area contributed by atoms with Gasteiger partial charge in [0.1, 0.15) is 0 Å². The van der Waals surface area contributed by atoms with Crippen LogP contribution < -0.4 is 5.32 Å². The zero-order valence-corrected chi connectivity index (χ0v) is 10.2. The Hall–Kier alpha value is -1.30. The van der Waals surface area contributed by atoms with E-state index in [4.69, 9.17) is 0 Å². The minimum atomic E-state index is -0.600. The topological polar surface area (TPSA) is 55.2 Å². The Balaban J connectivity index is 2.04. The molecule has 1 aliphatic rings. The zero-order chi connectivity index (χ0) is 12.5. The highest BCUT2D eigenvalue weighted by molar-refractivity contribution is 8.00. The Morgan fingerprint density at radius 3 is 2.76 bits per heavy atom. The number of benzene rings is 1. The number of anilines is 1. The fourth-order valence-electron chi connectivity index (χ4n) is 1.61. The van der Waals surface area contributed by atoms with Gasteiger partial charge in [0.15, 0.2) is 5.82 Å². The van der Waals surface area contributed by atoms with Crippen molar-refractivity contribution in [1.29, 1.82) is 0 Å². The van der Waals surface area contributed by atoms with Crippen LogP contribution in [0.15, 0.2) is 18.2 Å². The Morgan fingerprint density at radius 2 is 2.29 bits per heavy atom. The third-order valence-corrected chi connectivity index (χ3v) is 4.42. The Morgan fingerprint density at radius 1 is 1.59 bits per heavy atom. The molecule has 1 fully saturated rings. The van der Waals surface area contributed by atoms with Gasteiger partial charge in [-0.3, -0.25) is 10.1 Å². The number of nitro groups is 1. The maximum Gasteiger partial charge on any atom is 0.272 e. The van der Waals surface area contributed by atoms with Crippen LogP contribution in [0.2, 0.25) is 0 Å². The van der Waals surface area contributed by atoms with Gasteiger partial charge in [0.25, 0.3) is 5.69 Å². The van der Waals surface area contributed by atoms with E-state index in [1.807, 2.05) is 6.26 Å². The number of hydrogen-bond donors (Lipinski definition) is 1. The standard InChI is InChI=1S/C11H13FN2O2S/c1-17-11(4-5-11)7-13-10-3-2-8(14(15)16)6-9(10)12/h2-3,6,13H,4-5,7H2,1H3. The maximum absolute atomic E-state index is 13.5. The molecule has 0 radical (unpaired) electrons. The molecule has 0 heterocycles. The summed E-state index contributed by atoms with van der Waals surface area (Å²) in [4.78, 5) is 9.85. The van der Waals surface area contributed by atoms with E-state index in [0.29, 0.717) is 12.2 Å². The molecule has 0 amide bonds. The molecular formula is C11H13FN2O2S. The van der Waals surface area contributed by atoms with E-state index in [9.17, 15) is 14.5 Å². The van der Waals surface area contributed by atoms with Crippen LogP contribution in [0.4, 0.5) is 15.8 Å². The van der Waals surface area contributed by atoms with Crippen molar-refractivity contribution in [2.24, 2.45) is 0 Å². The van der Waals surface area contributed by atoms with Crippen LogP contribution in [-0.4, -0.2) is 22.5 Å². The molecule has 0 atom stereocenters. The van der Waals surface area contributed by atoms with Crippen LogP contribution in [-0.2, 0) is 0 Å². The van der Waals surface area contributed by atoms with Gasteiger partial charge >= 0.3 is 0 Å². The molecule has 6 heteroatoms. The molecule has 0 aliphatic heterocycles. The summed E-state index contributed by atoms with van der Waals surface area (Å²) in [6, 6.07) is 3.68. The minimum Gasteiger partial charge on any atom is -0.381 e. The molecule has 1 N–H and O–H groups in total. The smallest absolute Gasteiger partial charge is 0.272 e. The van der Waals surface area contributed by atoms with E-state index in [-0.39, 0.29) is 10.4 Å². The van der Waals surface area contributed by atoms with Gasteiger partial charge in [-0.2, -0.15) is 11.8 Å². The third-order valence-electron chi connectivity index (χ3n) is 3.01. The number of non-ortho nitro benzene ring substituents is 1. The summed E-state index contributed by atoms with van der Waals surface area (Å²) in [5.41, 5.74) is 0.106. The van der Waals surface area contributed by atoms with Crippen LogP contribution in [0.3, 0.4) is 0 Å². The average molecular weight is 256 g/mol. The largest absolute Gasteiger partial charge is 0.381 e. The van der Waals surface area contributed by atoms with Crippen molar-refractivity contribution in [2.75, 3.05) is 18.1 Å². The van der Waals surface area contributed by atoms with Gasteiger partial charge in [0, 0.05) is 17.4 Å². The monoisotopic (exact) mass is 256 g/mol. The molecule has 2 rings (SSSR count). The van der Waals surface area contributed by atoms with Crippen molar-refractivity contribution >= 4 is 23.1 Å². The first kappa shape index (κ1) is 12.2. The van der Waals surface area contributed by atoms with Gasteiger partial charge in [-0.15, -0.1) is 0 Å². The lowest BCUT2D eigenvalue weighted by Gasteiger charge is -2.14. The average Bonchev–Trinajstić information content (AvgIpc) is 3.08. The number of halogens is 1. The summed E-state index contributed by atoms with van der Waals surface area (Å²) in [5.74, 6) is -0.573. The zero-order valence-electron chi connectivity index (χ0n) is 9.40. The van der Waals surface area contributed by atoms with Gasteiger partial charge in [-0.1, -0.05) is 0 Å². The lowest BCUT2D eigenvalue weighted by molar-refractivity contribution is -0.385. The number of nitrogens with zero attached hydrogens (tertiary/aromatic N) is 1. The lowest BCUT2D eigenvalue weighted by Crippen LogP contribution is -2.18. The van der Waals surface area contributed by atoms with Gasteiger partial charge in [0.2, 0.25) is 0 Å². The Kier molecular flexibility index (Phi) is 3.24. The molecular weight excluding hydrogens is 243 g/mol. The molecule has 0 bridgehead atoms. The van der Waals surface area contributed by atoms with Gasteiger partial charge in [0.05, 0.1) is 16.7 Å². The highest BCUT2D eigenvalue weighted by atomic mass is 32.2. The SMILES string of the molecule is CSC1(CNc2ccc([N+](=O)[O-])cc2F)CC1. The fourth-order valence-corrected chi connectivity index (χ4v) is 2.34. The highest BCUT2D eigenvalue weighted by Crippen LogP contribution is 2.47. The maximum atomic E-state index is 13.5. The quantitative estimate of drug-likeness (QED) is 0.650. The number of rotatable bonds is 5. The third kappa shape index (κ3) is 2.69. The summed E-state index contributed by atoms with van der Waals surface area (Å²) in [7, 11) is 0. The second-order valence-electron chi connectivity index (χ2n) is 4.16. The van der Waals surface area contributed by atoms with Crippen LogP contribution in [0.1, 0.15) is 12.8 Å². The van der Waals surface area contributed by atoms with Gasteiger partial charge < -0.3 is 5.32 Å². The van der Waals surface area contributed by atoms with E-state index in [0.717, 1.165) is 18.9 Å². The van der Waals surface area contributed by atoms with Crippen molar-refractivity contribution in [1.82, 2.24) is 0 Å². The molecule has 0 aromatic heterocycles. The second kappa shape index (κ2) is 4.52. The molecule has 17 heavy (non-hydrogen) atoms. The molecule has 1 aromatic rings. The molecule has 0 unspecified atom stereocenters. The first-order chi connectivity index (χ1) is 8.06. The van der Waals surface area contributed by atoms with Crippen molar-refractivity contribution in [3.63, 3.8) is 0 Å². The summed E-state index contributed by atoms with van der Waals surface area (Å²) >= 11 is 1.78. The molecule has 0 spiro atoms. The van der Waals surface area contributed by atoms with E-state index >= 15 is 0 Å². The number of thioether (sulfide) groups is 1.